The van der Waals surface area contributed by atoms with Gasteiger partial charge in [0, 0.05) is 0 Å². The zero-order valence-electron chi connectivity index (χ0n) is 16.2. The normalized spacial score (nSPS) is 11.7. The second kappa shape index (κ2) is 19.3. The molecular weight excluding hydrogens is 351 g/mol. The van der Waals surface area contributed by atoms with Crippen LogP contribution in [-0.4, -0.2) is 19.6 Å². The van der Waals surface area contributed by atoms with Gasteiger partial charge in [-0.05, 0) is 12.3 Å². The first-order valence-electron chi connectivity index (χ1n) is 9.52. The van der Waals surface area contributed by atoms with Gasteiger partial charge in [-0.1, -0.05) is 97.3 Å². The van der Waals surface area contributed by atoms with Crippen LogP contribution in [0.2, 0.25) is 0 Å². The molecule has 0 heterocycles. The van der Waals surface area contributed by atoms with E-state index in [0.29, 0.717) is 6.42 Å². The Morgan fingerprint density at radius 1 is 0.708 bits per heavy atom. The van der Waals surface area contributed by atoms with Crippen LogP contribution in [0.25, 0.3) is 0 Å². The minimum Gasteiger partial charge on any atom is -0.726 e. The van der Waals surface area contributed by atoms with Crippen LogP contribution in [0.1, 0.15) is 104 Å². The van der Waals surface area contributed by atoms with E-state index in [4.69, 9.17) is 0 Å². The van der Waals surface area contributed by atoms with Crippen molar-refractivity contribution < 1.29 is 68.5 Å². The van der Waals surface area contributed by atoms with Crippen molar-refractivity contribution in [1.29, 1.82) is 0 Å². The summed E-state index contributed by atoms with van der Waals surface area (Å²) in [6.45, 7) is 4.62. The van der Waals surface area contributed by atoms with Crippen LogP contribution >= 0.6 is 0 Å². The molecule has 0 spiro atoms. The third-order valence-corrected chi connectivity index (χ3v) is 4.61. The van der Waals surface area contributed by atoms with Gasteiger partial charge in [-0.2, -0.15) is 0 Å². The van der Waals surface area contributed by atoms with Crippen LogP contribution in [0.4, 0.5) is 0 Å². The Morgan fingerprint density at radius 3 is 1.38 bits per heavy atom. The van der Waals surface area contributed by atoms with E-state index in [1.807, 2.05) is 0 Å². The number of hydrogen-bond donors (Lipinski definition) is 0. The molecule has 0 atom stereocenters. The Hall–Kier alpha value is 1.51. The predicted molar refractivity (Wildman–Crippen MR) is 95.1 cm³/mol. The van der Waals surface area contributed by atoms with Crippen molar-refractivity contribution in [3.05, 3.63) is 0 Å². The van der Waals surface area contributed by atoms with Gasteiger partial charge in [0.25, 0.3) is 0 Å². The van der Waals surface area contributed by atoms with E-state index in [9.17, 15) is 13.0 Å². The van der Waals surface area contributed by atoms with Crippen molar-refractivity contribution in [3.8, 4) is 0 Å². The first kappa shape index (κ1) is 27.7. The van der Waals surface area contributed by atoms with Crippen LogP contribution in [0.3, 0.4) is 0 Å². The number of unbranched alkanes of at least 4 members (excludes halogenated alkanes) is 12. The largest absolute Gasteiger partial charge is 1.00 e. The molecule has 0 aromatic rings. The minimum atomic E-state index is -4.50. The standard InChI is InChI=1S/C18H38O4S.K/c1-18(2)16-14-12-10-8-6-4-3-5-7-9-11-13-15-17-22-23(19,20)21;/h18H,3-17H2,1-2H3,(H,19,20,21);/q;+1/p-1. The summed E-state index contributed by atoms with van der Waals surface area (Å²) in [6, 6.07) is 0. The maximum Gasteiger partial charge on any atom is 1.00 e. The van der Waals surface area contributed by atoms with E-state index < -0.39 is 10.4 Å². The molecule has 0 unspecified atom stereocenters. The number of rotatable bonds is 17. The summed E-state index contributed by atoms with van der Waals surface area (Å²) < 4.78 is 34.8. The molecule has 4 nitrogen and oxygen atoms in total. The zero-order chi connectivity index (χ0) is 17.4. The molecule has 0 N–H and O–H groups in total. The second-order valence-electron chi connectivity index (χ2n) is 7.01. The molecule has 0 aliphatic rings. The van der Waals surface area contributed by atoms with Gasteiger partial charge in [0.15, 0.2) is 0 Å². The molecule has 0 aromatic carbocycles. The maximum absolute atomic E-state index is 10.2. The third kappa shape index (κ3) is 25.7. The molecule has 0 bridgehead atoms. The van der Waals surface area contributed by atoms with Crippen LogP contribution in [0.5, 0.6) is 0 Å². The summed E-state index contributed by atoms with van der Waals surface area (Å²) in [5.74, 6) is 0.849. The molecule has 0 saturated heterocycles. The van der Waals surface area contributed by atoms with E-state index in [1.54, 1.807) is 0 Å². The third-order valence-electron chi connectivity index (χ3n) is 4.15. The summed E-state index contributed by atoms with van der Waals surface area (Å²) >= 11 is 0. The van der Waals surface area contributed by atoms with E-state index in [-0.39, 0.29) is 58.0 Å². The first-order valence-corrected chi connectivity index (χ1v) is 10.9. The molecular formula is C18H37KO4S. The quantitative estimate of drug-likeness (QED) is 0.166. The van der Waals surface area contributed by atoms with Gasteiger partial charge >= 0.3 is 51.4 Å². The average Bonchev–Trinajstić information content (AvgIpc) is 2.45. The second-order valence-corrected chi connectivity index (χ2v) is 8.06. The van der Waals surface area contributed by atoms with E-state index in [0.717, 1.165) is 18.8 Å². The van der Waals surface area contributed by atoms with Gasteiger partial charge < -0.3 is 4.55 Å². The van der Waals surface area contributed by atoms with Crippen LogP contribution < -0.4 is 51.4 Å². The molecule has 140 valence electrons. The molecule has 0 fully saturated rings. The van der Waals surface area contributed by atoms with Gasteiger partial charge in [0.05, 0.1) is 6.61 Å². The Balaban J connectivity index is 0. The summed E-state index contributed by atoms with van der Waals surface area (Å²) in [4.78, 5) is 0. The van der Waals surface area contributed by atoms with Crippen molar-refractivity contribution in [2.75, 3.05) is 6.61 Å². The molecule has 0 amide bonds. The smallest absolute Gasteiger partial charge is 0.726 e. The molecule has 24 heavy (non-hydrogen) atoms. The Kier molecular flexibility index (Phi) is 22.3. The summed E-state index contributed by atoms with van der Waals surface area (Å²) in [6.07, 6.45) is 17.5. The average molecular weight is 389 g/mol. The van der Waals surface area contributed by atoms with E-state index in [2.05, 4.69) is 18.0 Å². The van der Waals surface area contributed by atoms with Crippen LogP contribution in [0, 0.1) is 5.92 Å². The van der Waals surface area contributed by atoms with Crippen LogP contribution in [0.15, 0.2) is 0 Å². The summed E-state index contributed by atoms with van der Waals surface area (Å²) in [5, 5.41) is 0. The molecule has 0 radical (unpaired) electrons. The molecule has 0 saturated carbocycles. The zero-order valence-corrected chi connectivity index (χ0v) is 20.2. The fourth-order valence-electron chi connectivity index (χ4n) is 2.76. The fraction of sp³-hybridized carbons (Fsp3) is 1.00. The Bertz CT molecular complexity index is 345. The Morgan fingerprint density at radius 2 is 1.04 bits per heavy atom. The molecule has 0 rings (SSSR count). The number of hydrogen-bond acceptors (Lipinski definition) is 4. The van der Waals surface area contributed by atoms with Crippen molar-refractivity contribution in [2.45, 2.75) is 104 Å². The summed E-state index contributed by atoms with van der Waals surface area (Å²) in [7, 11) is -4.50. The summed E-state index contributed by atoms with van der Waals surface area (Å²) in [5.41, 5.74) is 0. The maximum atomic E-state index is 10.2. The fourth-order valence-corrected chi connectivity index (χ4v) is 3.08. The van der Waals surface area contributed by atoms with E-state index >= 15 is 0 Å². The van der Waals surface area contributed by atoms with Crippen LogP contribution in [-0.2, 0) is 14.6 Å². The Labute approximate surface area is 193 Å². The molecule has 6 heteroatoms. The van der Waals surface area contributed by atoms with Gasteiger partial charge in [-0.3, -0.25) is 4.18 Å². The molecule has 0 aliphatic carbocycles. The van der Waals surface area contributed by atoms with Crippen molar-refractivity contribution in [2.24, 2.45) is 5.92 Å². The SMILES string of the molecule is CC(C)CCCCCCCCCCCCCCCOS(=O)(=O)[O-].[K+]. The van der Waals surface area contributed by atoms with Crippen molar-refractivity contribution in [3.63, 3.8) is 0 Å². The minimum absolute atomic E-state index is 0. The van der Waals surface area contributed by atoms with Crippen molar-refractivity contribution >= 4 is 10.4 Å². The molecule has 0 aromatic heterocycles. The monoisotopic (exact) mass is 388 g/mol. The predicted octanol–water partition coefficient (Wildman–Crippen LogP) is 2.58. The topological polar surface area (TPSA) is 66.4 Å². The van der Waals surface area contributed by atoms with Gasteiger partial charge in [0.1, 0.15) is 0 Å². The van der Waals surface area contributed by atoms with Gasteiger partial charge in [-0.15, -0.1) is 0 Å². The van der Waals surface area contributed by atoms with Gasteiger partial charge in [-0.25, -0.2) is 8.42 Å². The molecule has 0 aliphatic heterocycles. The first-order chi connectivity index (χ1) is 10.9. The van der Waals surface area contributed by atoms with Crippen molar-refractivity contribution in [1.82, 2.24) is 0 Å². The van der Waals surface area contributed by atoms with Gasteiger partial charge in [0.2, 0.25) is 10.4 Å². The van der Waals surface area contributed by atoms with E-state index in [1.165, 1.54) is 70.6 Å².